The standard InChI is InChI=1S/C21H23N3O3S/c1-15-5-2-6-16(11-15)22-19(25)13-28-14-20(26)23-17-7-3-8-18(12-17)24-10-4-9-21(24)27/h2-3,5-8,11-12H,4,9-10,13-14H2,1H3,(H,22,25)(H,23,26). The van der Waals surface area contributed by atoms with E-state index in [0.717, 1.165) is 23.4 Å². The number of amides is 3. The lowest BCUT2D eigenvalue weighted by Gasteiger charge is -2.16. The number of benzene rings is 2. The number of hydrogen-bond acceptors (Lipinski definition) is 4. The fraction of sp³-hybridized carbons (Fsp3) is 0.286. The number of aryl methyl sites for hydroxylation is 1. The molecule has 1 aliphatic rings. The molecule has 0 saturated carbocycles. The number of anilines is 3. The van der Waals surface area contributed by atoms with Crippen LogP contribution in [0.25, 0.3) is 0 Å². The van der Waals surface area contributed by atoms with Crippen molar-refractivity contribution in [3.05, 3.63) is 54.1 Å². The van der Waals surface area contributed by atoms with Gasteiger partial charge in [-0.15, -0.1) is 11.8 Å². The summed E-state index contributed by atoms with van der Waals surface area (Å²) >= 11 is 1.25. The van der Waals surface area contributed by atoms with Crippen molar-refractivity contribution in [1.82, 2.24) is 0 Å². The first-order valence-corrected chi connectivity index (χ1v) is 10.3. The van der Waals surface area contributed by atoms with Crippen LogP contribution < -0.4 is 15.5 Å². The average Bonchev–Trinajstić information content (AvgIpc) is 3.08. The number of carbonyl (C=O) groups is 3. The highest BCUT2D eigenvalue weighted by molar-refractivity contribution is 8.00. The molecule has 0 radical (unpaired) electrons. The van der Waals surface area contributed by atoms with Gasteiger partial charge < -0.3 is 15.5 Å². The monoisotopic (exact) mass is 397 g/mol. The van der Waals surface area contributed by atoms with E-state index < -0.39 is 0 Å². The van der Waals surface area contributed by atoms with Gasteiger partial charge in [-0.25, -0.2) is 0 Å². The molecule has 0 atom stereocenters. The van der Waals surface area contributed by atoms with Crippen LogP contribution in [0.3, 0.4) is 0 Å². The Hall–Kier alpha value is -2.80. The molecular weight excluding hydrogens is 374 g/mol. The third kappa shape index (κ3) is 5.60. The van der Waals surface area contributed by atoms with E-state index in [9.17, 15) is 14.4 Å². The van der Waals surface area contributed by atoms with Crippen molar-refractivity contribution >= 4 is 46.5 Å². The van der Waals surface area contributed by atoms with Gasteiger partial charge >= 0.3 is 0 Å². The maximum Gasteiger partial charge on any atom is 0.234 e. The summed E-state index contributed by atoms with van der Waals surface area (Å²) in [6.07, 6.45) is 1.43. The minimum absolute atomic E-state index is 0.110. The average molecular weight is 398 g/mol. The first-order valence-electron chi connectivity index (χ1n) is 9.16. The van der Waals surface area contributed by atoms with Crippen molar-refractivity contribution in [2.45, 2.75) is 19.8 Å². The molecule has 0 bridgehead atoms. The van der Waals surface area contributed by atoms with Gasteiger partial charge in [0.15, 0.2) is 0 Å². The van der Waals surface area contributed by atoms with E-state index in [0.29, 0.717) is 18.7 Å². The Labute approximate surface area is 168 Å². The number of nitrogens with one attached hydrogen (secondary N) is 2. The number of nitrogens with zero attached hydrogens (tertiary/aromatic N) is 1. The molecule has 1 fully saturated rings. The zero-order valence-electron chi connectivity index (χ0n) is 15.7. The lowest BCUT2D eigenvalue weighted by atomic mass is 10.2. The van der Waals surface area contributed by atoms with Crippen LogP contribution in [-0.2, 0) is 14.4 Å². The molecule has 2 aromatic rings. The van der Waals surface area contributed by atoms with Crippen molar-refractivity contribution < 1.29 is 14.4 Å². The van der Waals surface area contributed by atoms with Crippen LogP contribution in [0.5, 0.6) is 0 Å². The Balaban J connectivity index is 1.44. The van der Waals surface area contributed by atoms with Crippen LogP contribution in [0.1, 0.15) is 18.4 Å². The fourth-order valence-electron chi connectivity index (χ4n) is 3.03. The number of thioether (sulfide) groups is 1. The summed E-state index contributed by atoms with van der Waals surface area (Å²) in [7, 11) is 0. The van der Waals surface area contributed by atoms with E-state index in [1.54, 1.807) is 17.0 Å². The quantitative estimate of drug-likeness (QED) is 0.750. The van der Waals surface area contributed by atoms with E-state index in [1.165, 1.54) is 11.8 Å². The summed E-state index contributed by atoms with van der Waals surface area (Å²) in [5.41, 5.74) is 3.27. The van der Waals surface area contributed by atoms with Gasteiger partial charge in [-0.2, -0.15) is 0 Å². The molecule has 3 amide bonds. The third-order valence-corrected chi connectivity index (χ3v) is 5.22. The van der Waals surface area contributed by atoms with Crippen LogP contribution in [0, 0.1) is 6.92 Å². The van der Waals surface area contributed by atoms with Crippen LogP contribution in [0.15, 0.2) is 48.5 Å². The minimum atomic E-state index is -0.182. The number of carbonyl (C=O) groups excluding carboxylic acids is 3. The van der Waals surface area contributed by atoms with E-state index in [4.69, 9.17) is 0 Å². The molecule has 0 spiro atoms. The third-order valence-electron chi connectivity index (χ3n) is 4.28. The molecular formula is C21H23N3O3S. The fourth-order valence-corrected chi connectivity index (χ4v) is 3.64. The van der Waals surface area contributed by atoms with Crippen molar-refractivity contribution in [2.75, 3.05) is 33.6 Å². The van der Waals surface area contributed by atoms with Gasteiger partial charge in [0.25, 0.3) is 0 Å². The van der Waals surface area contributed by atoms with Crippen LogP contribution in [-0.4, -0.2) is 35.8 Å². The normalized spacial score (nSPS) is 13.5. The Kier molecular flexibility index (Phi) is 6.71. The maximum atomic E-state index is 12.1. The van der Waals surface area contributed by atoms with Crippen LogP contribution in [0.4, 0.5) is 17.1 Å². The predicted octanol–water partition coefficient (Wildman–Crippen LogP) is 3.43. The number of rotatable bonds is 7. The second-order valence-electron chi connectivity index (χ2n) is 6.66. The van der Waals surface area contributed by atoms with Crippen molar-refractivity contribution in [2.24, 2.45) is 0 Å². The van der Waals surface area contributed by atoms with E-state index >= 15 is 0 Å². The molecule has 1 saturated heterocycles. The lowest BCUT2D eigenvalue weighted by molar-refractivity contribution is -0.117. The summed E-state index contributed by atoms with van der Waals surface area (Å²) in [6.45, 7) is 2.67. The molecule has 6 nitrogen and oxygen atoms in total. The molecule has 7 heteroatoms. The first-order chi connectivity index (χ1) is 13.5. The lowest BCUT2D eigenvalue weighted by Crippen LogP contribution is -2.24. The van der Waals surface area contributed by atoms with Crippen molar-refractivity contribution in [3.8, 4) is 0 Å². The highest BCUT2D eigenvalue weighted by Crippen LogP contribution is 2.24. The highest BCUT2D eigenvalue weighted by Gasteiger charge is 2.21. The molecule has 3 rings (SSSR count). The topological polar surface area (TPSA) is 78.5 Å². The minimum Gasteiger partial charge on any atom is -0.325 e. The van der Waals surface area contributed by atoms with E-state index in [-0.39, 0.29) is 29.2 Å². The summed E-state index contributed by atoms with van der Waals surface area (Å²) < 4.78 is 0. The number of hydrogen-bond donors (Lipinski definition) is 2. The zero-order valence-corrected chi connectivity index (χ0v) is 16.6. The largest absolute Gasteiger partial charge is 0.325 e. The highest BCUT2D eigenvalue weighted by atomic mass is 32.2. The molecule has 0 aromatic heterocycles. The van der Waals surface area contributed by atoms with E-state index in [2.05, 4.69) is 10.6 Å². The molecule has 1 aliphatic heterocycles. The van der Waals surface area contributed by atoms with Crippen molar-refractivity contribution in [1.29, 1.82) is 0 Å². The van der Waals surface area contributed by atoms with Gasteiger partial charge in [-0.1, -0.05) is 18.2 Å². The molecule has 2 N–H and O–H groups in total. The Morgan fingerprint density at radius 3 is 2.25 bits per heavy atom. The Bertz CT molecular complexity index is 885. The predicted molar refractivity (Wildman–Crippen MR) is 114 cm³/mol. The molecule has 2 aromatic carbocycles. The molecule has 146 valence electrons. The van der Waals surface area contributed by atoms with Gasteiger partial charge in [0.1, 0.15) is 0 Å². The molecule has 0 unspecified atom stereocenters. The summed E-state index contributed by atoms with van der Waals surface area (Å²) in [5.74, 6) is 0.160. The summed E-state index contributed by atoms with van der Waals surface area (Å²) in [5, 5.41) is 5.64. The second kappa shape index (κ2) is 9.41. The van der Waals surface area contributed by atoms with Gasteiger partial charge in [-0.3, -0.25) is 14.4 Å². The van der Waals surface area contributed by atoms with Gasteiger partial charge in [0.2, 0.25) is 17.7 Å². The van der Waals surface area contributed by atoms with Crippen LogP contribution >= 0.6 is 11.8 Å². The molecule has 1 heterocycles. The smallest absolute Gasteiger partial charge is 0.234 e. The zero-order chi connectivity index (χ0) is 19.9. The first kappa shape index (κ1) is 19.9. The van der Waals surface area contributed by atoms with Gasteiger partial charge in [0.05, 0.1) is 11.5 Å². The van der Waals surface area contributed by atoms with Gasteiger partial charge in [-0.05, 0) is 49.2 Å². The Morgan fingerprint density at radius 2 is 1.64 bits per heavy atom. The van der Waals surface area contributed by atoms with Crippen molar-refractivity contribution in [3.63, 3.8) is 0 Å². The van der Waals surface area contributed by atoms with E-state index in [1.807, 2.05) is 43.3 Å². The van der Waals surface area contributed by atoms with Gasteiger partial charge in [0, 0.05) is 30.0 Å². The summed E-state index contributed by atoms with van der Waals surface area (Å²) in [6, 6.07) is 14.8. The molecule has 0 aliphatic carbocycles. The second-order valence-corrected chi connectivity index (χ2v) is 7.64. The Morgan fingerprint density at radius 1 is 1.00 bits per heavy atom. The molecule has 28 heavy (non-hydrogen) atoms. The SMILES string of the molecule is Cc1cccc(NC(=O)CSCC(=O)Nc2cccc(N3CCCC3=O)c2)c1. The summed E-state index contributed by atoms with van der Waals surface area (Å²) in [4.78, 5) is 37.7. The van der Waals surface area contributed by atoms with Crippen LogP contribution in [0.2, 0.25) is 0 Å². The maximum absolute atomic E-state index is 12.1.